The van der Waals surface area contributed by atoms with Gasteiger partial charge in [0.25, 0.3) is 0 Å². The third-order valence-electron chi connectivity index (χ3n) is 3.49. The Morgan fingerprint density at radius 2 is 2.00 bits per heavy atom. The van der Waals surface area contributed by atoms with Crippen LogP contribution in [0.4, 0.5) is 5.69 Å². The zero-order chi connectivity index (χ0) is 8.89. The van der Waals surface area contributed by atoms with E-state index in [9.17, 15) is 0 Å². The first-order chi connectivity index (χ1) is 6.32. The van der Waals surface area contributed by atoms with Crippen LogP contribution in [-0.4, -0.2) is 6.54 Å². The second-order valence-corrected chi connectivity index (χ2v) is 5.03. The molecule has 1 aliphatic carbocycles. The number of fused-ring (bicyclic) bond motifs is 2. The molecule has 1 saturated carbocycles. The number of nitrogens with zero attached hydrogens (tertiary/aromatic N) is 1. The Morgan fingerprint density at radius 1 is 1.23 bits per heavy atom. The fourth-order valence-corrected chi connectivity index (χ4v) is 3.39. The van der Waals surface area contributed by atoms with Crippen LogP contribution in [0, 0.1) is 0 Å². The second kappa shape index (κ2) is 2.50. The average molecular weight is 238 g/mol. The predicted octanol–water partition coefficient (Wildman–Crippen LogP) is 3.24. The van der Waals surface area contributed by atoms with Crippen LogP contribution in [0.25, 0.3) is 0 Å². The third kappa shape index (κ3) is 0.925. The van der Waals surface area contributed by atoms with E-state index in [1.807, 2.05) is 0 Å². The first-order valence-corrected chi connectivity index (χ1v) is 5.56. The summed E-state index contributed by atoms with van der Waals surface area (Å²) in [6.45, 7) is 1.16. The number of halogens is 1. The number of hydrogen-bond acceptors (Lipinski definition) is 1. The fourth-order valence-electron chi connectivity index (χ4n) is 2.60. The van der Waals surface area contributed by atoms with E-state index < -0.39 is 0 Å². The molecule has 0 aromatic heterocycles. The first-order valence-electron chi connectivity index (χ1n) is 4.85. The minimum atomic E-state index is 0.500. The lowest BCUT2D eigenvalue weighted by Gasteiger charge is -2.38. The predicted molar refractivity (Wildman–Crippen MR) is 58.2 cm³/mol. The monoisotopic (exact) mass is 237 g/mol. The van der Waals surface area contributed by atoms with Gasteiger partial charge >= 0.3 is 0 Å². The van der Waals surface area contributed by atoms with Crippen molar-refractivity contribution in [3.8, 4) is 0 Å². The highest BCUT2D eigenvalue weighted by Crippen LogP contribution is 2.53. The van der Waals surface area contributed by atoms with Crippen LogP contribution in [0.5, 0.6) is 0 Å². The summed E-state index contributed by atoms with van der Waals surface area (Å²) in [5, 5.41) is 0. The maximum Gasteiger partial charge on any atom is 0.0509 e. The van der Waals surface area contributed by atoms with Crippen molar-refractivity contribution in [1.29, 1.82) is 0 Å². The van der Waals surface area contributed by atoms with E-state index in [1.54, 1.807) is 5.56 Å². The van der Waals surface area contributed by atoms with E-state index in [4.69, 9.17) is 0 Å². The lowest BCUT2D eigenvalue weighted by molar-refractivity contribution is 0.269. The van der Waals surface area contributed by atoms with Crippen molar-refractivity contribution in [2.45, 2.75) is 24.7 Å². The van der Waals surface area contributed by atoms with Crippen molar-refractivity contribution < 1.29 is 0 Å². The van der Waals surface area contributed by atoms with Gasteiger partial charge in [0.15, 0.2) is 0 Å². The fraction of sp³-hybridized carbons (Fsp3) is 0.455. The SMILES string of the molecule is BrN1CC2(CCC2)c2ccccc21. The Bertz CT molecular complexity index is 344. The van der Waals surface area contributed by atoms with Gasteiger partial charge in [0.05, 0.1) is 5.69 Å². The lowest BCUT2D eigenvalue weighted by Crippen LogP contribution is -2.37. The van der Waals surface area contributed by atoms with Gasteiger partial charge < -0.3 is 3.93 Å². The molecule has 1 aromatic carbocycles. The molecule has 0 radical (unpaired) electrons. The first kappa shape index (κ1) is 7.86. The van der Waals surface area contributed by atoms with Gasteiger partial charge in [-0.3, -0.25) is 0 Å². The van der Waals surface area contributed by atoms with Crippen LogP contribution < -0.4 is 3.93 Å². The van der Waals surface area contributed by atoms with Crippen molar-refractivity contribution in [2.24, 2.45) is 0 Å². The van der Waals surface area contributed by atoms with Crippen molar-refractivity contribution >= 4 is 21.8 Å². The molecular weight excluding hydrogens is 226 g/mol. The molecule has 0 bridgehead atoms. The van der Waals surface area contributed by atoms with Gasteiger partial charge in [-0.25, -0.2) is 0 Å². The molecule has 0 N–H and O–H groups in total. The maximum atomic E-state index is 3.62. The van der Waals surface area contributed by atoms with E-state index in [2.05, 4.69) is 44.3 Å². The molecule has 0 unspecified atom stereocenters. The minimum Gasteiger partial charge on any atom is -0.308 e. The molecule has 68 valence electrons. The van der Waals surface area contributed by atoms with Crippen LogP contribution in [0.15, 0.2) is 24.3 Å². The van der Waals surface area contributed by atoms with Crippen LogP contribution in [0.1, 0.15) is 24.8 Å². The zero-order valence-corrected chi connectivity index (χ0v) is 9.05. The van der Waals surface area contributed by atoms with Gasteiger partial charge in [0, 0.05) is 28.1 Å². The Balaban J connectivity index is 2.15. The van der Waals surface area contributed by atoms with Crippen LogP contribution >= 0.6 is 16.1 Å². The van der Waals surface area contributed by atoms with E-state index in [-0.39, 0.29) is 0 Å². The Kier molecular flexibility index (Phi) is 1.51. The van der Waals surface area contributed by atoms with Crippen molar-refractivity contribution in [1.82, 2.24) is 0 Å². The highest BCUT2D eigenvalue weighted by atomic mass is 79.9. The molecule has 1 nitrogen and oxygen atoms in total. The zero-order valence-electron chi connectivity index (χ0n) is 7.46. The summed E-state index contributed by atoms with van der Waals surface area (Å²) in [6.07, 6.45) is 4.13. The Morgan fingerprint density at radius 3 is 2.69 bits per heavy atom. The van der Waals surface area contributed by atoms with Crippen molar-refractivity contribution in [2.75, 3.05) is 10.5 Å². The highest BCUT2D eigenvalue weighted by molar-refractivity contribution is 9.10. The van der Waals surface area contributed by atoms with Gasteiger partial charge in [-0.15, -0.1) is 0 Å². The van der Waals surface area contributed by atoms with Gasteiger partial charge in [-0.05, 0) is 24.5 Å². The van der Waals surface area contributed by atoms with Crippen LogP contribution in [0.3, 0.4) is 0 Å². The van der Waals surface area contributed by atoms with Crippen LogP contribution in [-0.2, 0) is 5.41 Å². The van der Waals surface area contributed by atoms with Crippen molar-refractivity contribution in [3.05, 3.63) is 29.8 Å². The van der Waals surface area contributed by atoms with E-state index in [0.717, 1.165) is 6.54 Å². The molecular formula is C11H12BrN. The quantitative estimate of drug-likeness (QED) is 0.627. The smallest absolute Gasteiger partial charge is 0.0509 e. The number of para-hydroxylation sites is 1. The summed E-state index contributed by atoms with van der Waals surface area (Å²) in [4.78, 5) is 0. The third-order valence-corrected chi connectivity index (χ3v) is 4.12. The van der Waals surface area contributed by atoms with Crippen molar-refractivity contribution in [3.63, 3.8) is 0 Å². The number of rotatable bonds is 0. The lowest BCUT2D eigenvalue weighted by atomic mass is 9.66. The molecule has 13 heavy (non-hydrogen) atoms. The second-order valence-electron chi connectivity index (χ2n) is 4.17. The summed E-state index contributed by atoms with van der Waals surface area (Å²) in [7, 11) is 0. The molecule has 1 heterocycles. The molecule has 3 rings (SSSR count). The summed E-state index contributed by atoms with van der Waals surface area (Å²) in [6, 6.07) is 8.77. The Labute approximate surface area is 87.1 Å². The Hall–Kier alpha value is -0.500. The normalized spacial score (nSPS) is 23.0. The summed E-state index contributed by atoms with van der Waals surface area (Å²) < 4.78 is 2.22. The van der Waals surface area contributed by atoms with Gasteiger partial charge in [-0.1, -0.05) is 24.6 Å². The molecule has 2 aliphatic rings. The number of hydrogen-bond donors (Lipinski definition) is 0. The molecule has 2 heteroatoms. The summed E-state index contributed by atoms with van der Waals surface area (Å²) in [5.41, 5.74) is 3.43. The number of benzene rings is 1. The van der Waals surface area contributed by atoms with Crippen LogP contribution in [0.2, 0.25) is 0 Å². The molecule has 1 fully saturated rings. The highest BCUT2D eigenvalue weighted by Gasteiger charge is 2.46. The van der Waals surface area contributed by atoms with Gasteiger partial charge in [0.1, 0.15) is 0 Å². The van der Waals surface area contributed by atoms with E-state index >= 15 is 0 Å². The maximum absolute atomic E-state index is 3.62. The van der Waals surface area contributed by atoms with Gasteiger partial charge in [-0.2, -0.15) is 0 Å². The largest absolute Gasteiger partial charge is 0.308 e. The average Bonchev–Trinajstić information content (AvgIpc) is 2.40. The van der Waals surface area contributed by atoms with E-state index in [1.165, 1.54) is 24.9 Å². The molecule has 0 amide bonds. The molecule has 0 saturated heterocycles. The molecule has 0 atom stereocenters. The molecule has 1 aromatic rings. The topological polar surface area (TPSA) is 3.24 Å². The standard InChI is InChI=1S/C11H12BrN/c12-13-8-11(6-3-7-11)9-4-1-2-5-10(9)13/h1-2,4-5H,3,6-8H2. The summed E-state index contributed by atoms with van der Waals surface area (Å²) >= 11 is 3.62. The number of anilines is 1. The molecule has 1 aliphatic heterocycles. The van der Waals surface area contributed by atoms with E-state index in [0.29, 0.717) is 5.41 Å². The molecule has 1 spiro atoms. The minimum absolute atomic E-state index is 0.500. The van der Waals surface area contributed by atoms with Gasteiger partial charge in [0.2, 0.25) is 0 Å². The summed E-state index contributed by atoms with van der Waals surface area (Å²) in [5.74, 6) is 0.